The summed E-state index contributed by atoms with van der Waals surface area (Å²) in [6, 6.07) is 14.7. The van der Waals surface area contributed by atoms with Crippen molar-refractivity contribution < 1.29 is 9.59 Å². The number of carbonyl (C=O) groups is 2. The molecule has 0 N–H and O–H groups in total. The van der Waals surface area contributed by atoms with Crippen LogP contribution in [-0.4, -0.2) is 43.3 Å². The van der Waals surface area contributed by atoms with Gasteiger partial charge in [-0.15, -0.1) is 12.4 Å². The average molecular weight is 441 g/mol. The van der Waals surface area contributed by atoms with Gasteiger partial charge in [0.25, 0.3) is 0 Å². The first-order valence-corrected chi connectivity index (χ1v) is 11.3. The van der Waals surface area contributed by atoms with E-state index in [1.807, 2.05) is 17.0 Å². The Kier molecular flexibility index (Phi) is 8.28. The molecule has 0 aromatic heterocycles. The third kappa shape index (κ3) is 5.75. The number of Topliss-reactive ketones (excluding diaryl/α,β-unsaturated/α-hetero) is 1. The summed E-state index contributed by atoms with van der Waals surface area (Å²) in [5.74, 6) is 0.482. The quantitative estimate of drug-likeness (QED) is 0.391. The minimum atomic E-state index is 0. The predicted octanol–water partition coefficient (Wildman–Crippen LogP) is 4.86. The summed E-state index contributed by atoms with van der Waals surface area (Å²) in [5.41, 5.74) is 5.70. The van der Waals surface area contributed by atoms with E-state index in [0.717, 1.165) is 69.4 Å². The highest BCUT2D eigenvalue weighted by Gasteiger charge is 2.31. The van der Waals surface area contributed by atoms with Crippen LogP contribution >= 0.6 is 12.4 Å². The lowest BCUT2D eigenvalue weighted by Gasteiger charge is -2.25. The van der Waals surface area contributed by atoms with Gasteiger partial charge < -0.3 is 9.80 Å². The van der Waals surface area contributed by atoms with Crippen LogP contribution in [0.25, 0.3) is 0 Å². The van der Waals surface area contributed by atoms with E-state index in [-0.39, 0.29) is 24.1 Å². The number of hydrogen-bond donors (Lipinski definition) is 0. The van der Waals surface area contributed by atoms with E-state index in [1.165, 1.54) is 16.7 Å². The van der Waals surface area contributed by atoms with Crippen molar-refractivity contribution in [2.45, 2.75) is 51.4 Å². The molecule has 0 aliphatic carbocycles. The number of amides is 1. The average Bonchev–Trinajstić information content (AvgIpc) is 3.20. The van der Waals surface area contributed by atoms with Gasteiger partial charge in [-0.1, -0.05) is 36.8 Å². The number of unbranched alkanes of at least 4 members (excludes halogenated alkanes) is 2. The molecule has 1 amide bonds. The first-order chi connectivity index (χ1) is 14.6. The van der Waals surface area contributed by atoms with Crippen LogP contribution < -0.4 is 4.90 Å². The first kappa shape index (κ1) is 23.5. The number of anilines is 1. The highest BCUT2D eigenvalue weighted by atomic mass is 35.5. The second-order valence-corrected chi connectivity index (χ2v) is 8.71. The largest absolute Gasteiger partial charge is 0.312 e. The van der Waals surface area contributed by atoms with Crippen molar-refractivity contribution in [3.05, 3.63) is 64.7 Å². The normalized spacial score (nSPS) is 14.5. The van der Waals surface area contributed by atoms with Gasteiger partial charge in [0.05, 0.1) is 5.69 Å². The fraction of sp³-hybridized carbons (Fsp3) is 0.462. The molecule has 2 aromatic carbocycles. The molecule has 4 rings (SSSR count). The zero-order chi connectivity index (χ0) is 20.9. The molecule has 0 unspecified atom stereocenters. The molecule has 4 nitrogen and oxygen atoms in total. The second-order valence-electron chi connectivity index (χ2n) is 8.71. The third-order valence-electron chi connectivity index (χ3n) is 6.44. The van der Waals surface area contributed by atoms with E-state index in [0.29, 0.717) is 12.8 Å². The van der Waals surface area contributed by atoms with Gasteiger partial charge in [0.1, 0.15) is 0 Å². The smallest absolute Gasteiger partial charge is 0.227 e. The standard InChI is InChI=1S/C26H32N2O2.ClH/c1-27(16-13-20-8-4-2-5-9-20)15-7-3-6-10-24(29)23-18-21-11-12-25(30)28-17-14-22(19-23)26(21)28;/h2,4-5,8-9,18-19H,3,6-7,10-17H2,1H3;1H. The maximum absolute atomic E-state index is 12.7. The van der Waals surface area contributed by atoms with E-state index in [9.17, 15) is 9.59 Å². The number of carbonyl (C=O) groups excluding carboxylic acids is 2. The van der Waals surface area contributed by atoms with Gasteiger partial charge in [0.15, 0.2) is 5.78 Å². The van der Waals surface area contributed by atoms with Crippen LogP contribution in [0, 0.1) is 0 Å². The molecule has 2 heterocycles. The van der Waals surface area contributed by atoms with Crippen LogP contribution in [0.5, 0.6) is 0 Å². The maximum atomic E-state index is 12.7. The van der Waals surface area contributed by atoms with Crippen molar-refractivity contribution in [1.82, 2.24) is 4.90 Å². The van der Waals surface area contributed by atoms with Gasteiger partial charge in [0, 0.05) is 31.5 Å². The lowest BCUT2D eigenvalue weighted by Crippen LogP contribution is -2.32. The Morgan fingerprint density at radius 3 is 2.48 bits per heavy atom. The number of aryl methyl sites for hydroxylation is 1. The minimum absolute atomic E-state index is 0. The van der Waals surface area contributed by atoms with Gasteiger partial charge in [-0.3, -0.25) is 9.59 Å². The summed E-state index contributed by atoms with van der Waals surface area (Å²) >= 11 is 0. The Morgan fingerprint density at radius 2 is 1.71 bits per heavy atom. The number of nitrogens with zero attached hydrogens (tertiary/aromatic N) is 2. The Hall–Kier alpha value is -2.17. The second kappa shape index (κ2) is 10.9. The summed E-state index contributed by atoms with van der Waals surface area (Å²) in [5, 5.41) is 0. The molecule has 0 radical (unpaired) electrons. The summed E-state index contributed by atoms with van der Waals surface area (Å²) in [6.07, 6.45) is 7.09. The van der Waals surface area contributed by atoms with Crippen molar-refractivity contribution >= 4 is 29.8 Å². The van der Waals surface area contributed by atoms with Gasteiger partial charge in [-0.2, -0.15) is 0 Å². The summed E-state index contributed by atoms with van der Waals surface area (Å²) in [6.45, 7) is 2.92. The highest BCUT2D eigenvalue weighted by molar-refractivity contribution is 6.02. The van der Waals surface area contributed by atoms with Crippen molar-refractivity contribution in [2.24, 2.45) is 0 Å². The van der Waals surface area contributed by atoms with E-state index in [2.05, 4.69) is 42.3 Å². The molecular weight excluding hydrogens is 408 g/mol. The minimum Gasteiger partial charge on any atom is -0.312 e. The van der Waals surface area contributed by atoms with E-state index >= 15 is 0 Å². The molecule has 31 heavy (non-hydrogen) atoms. The van der Waals surface area contributed by atoms with Gasteiger partial charge in [-0.05, 0) is 74.5 Å². The number of likely N-dealkylation sites (N-methyl/N-ethyl adjacent to an activating group) is 1. The van der Waals surface area contributed by atoms with E-state index < -0.39 is 0 Å². The van der Waals surface area contributed by atoms with Crippen LogP contribution in [0.1, 0.15) is 59.2 Å². The zero-order valence-electron chi connectivity index (χ0n) is 18.4. The maximum Gasteiger partial charge on any atom is 0.227 e. The molecule has 0 saturated heterocycles. The fourth-order valence-electron chi connectivity index (χ4n) is 4.68. The molecular formula is C26H33ClN2O2. The van der Waals surface area contributed by atoms with Crippen molar-refractivity contribution in [2.75, 3.05) is 31.6 Å². The first-order valence-electron chi connectivity index (χ1n) is 11.3. The number of hydrogen-bond acceptors (Lipinski definition) is 3. The van der Waals surface area contributed by atoms with Crippen LogP contribution in [-0.2, 0) is 24.1 Å². The Morgan fingerprint density at radius 1 is 0.968 bits per heavy atom. The highest BCUT2D eigenvalue weighted by Crippen LogP contribution is 2.37. The molecule has 5 heteroatoms. The molecule has 2 aliphatic rings. The Labute approximate surface area is 192 Å². The van der Waals surface area contributed by atoms with E-state index in [1.54, 1.807) is 0 Å². The molecule has 0 atom stereocenters. The zero-order valence-corrected chi connectivity index (χ0v) is 19.3. The predicted molar refractivity (Wildman–Crippen MR) is 129 cm³/mol. The molecule has 0 bridgehead atoms. The van der Waals surface area contributed by atoms with Crippen LogP contribution in [0.4, 0.5) is 5.69 Å². The lowest BCUT2D eigenvalue weighted by molar-refractivity contribution is -0.118. The molecule has 0 fully saturated rings. The molecule has 0 saturated carbocycles. The monoisotopic (exact) mass is 440 g/mol. The van der Waals surface area contributed by atoms with Gasteiger partial charge >= 0.3 is 0 Å². The van der Waals surface area contributed by atoms with Crippen molar-refractivity contribution in [3.8, 4) is 0 Å². The SMILES string of the molecule is CN(CCCCCC(=O)c1cc2c3c(c1)CCN3C(=O)CC2)CCc1ccccc1.Cl. The number of ketones is 1. The Balaban J connectivity index is 0.00000272. The van der Waals surface area contributed by atoms with Crippen LogP contribution in [0.15, 0.2) is 42.5 Å². The molecule has 2 aromatic rings. The summed E-state index contributed by atoms with van der Waals surface area (Å²) in [4.78, 5) is 29.1. The van der Waals surface area contributed by atoms with Crippen molar-refractivity contribution in [3.63, 3.8) is 0 Å². The number of benzene rings is 2. The summed E-state index contributed by atoms with van der Waals surface area (Å²) in [7, 11) is 2.18. The number of halogens is 1. The molecule has 166 valence electrons. The van der Waals surface area contributed by atoms with Gasteiger partial charge in [0.2, 0.25) is 5.91 Å². The Bertz CT molecular complexity index is 913. The topological polar surface area (TPSA) is 40.6 Å². The van der Waals surface area contributed by atoms with Crippen LogP contribution in [0.3, 0.4) is 0 Å². The number of rotatable bonds is 10. The fourth-order valence-corrected chi connectivity index (χ4v) is 4.68. The lowest BCUT2D eigenvalue weighted by atomic mass is 9.94. The molecule has 2 aliphatic heterocycles. The van der Waals surface area contributed by atoms with E-state index in [4.69, 9.17) is 0 Å². The van der Waals surface area contributed by atoms with Crippen molar-refractivity contribution in [1.29, 1.82) is 0 Å². The van der Waals surface area contributed by atoms with Gasteiger partial charge in [-0.25, -0.2) is 0 Å². The third-order valence-corrected chi connectivity index (χ3v) is 6.44. The van der Waals surface area contributed by atoms with Crippen LogP contribution in [0.2, 0.25) is 0 Å². The molecule has 0 spiro atoms. The summed E-state index contributed by atoms with van der Waals surface area (Å²) < 4.78 is 0.